The second kappa shape index (κ2) is 5.63. The Bertz CT molecular complexity index is 400. The van der Waals surface area contributed by atoms with Crippen LogP contribution in [0.15, 0.2) is 22.9 Å². The summed E-state index contributed by atoms with van der Waals surface area (Å²) in [6.45, 7) is 3.97. The summed E-state index contributed by atoms with van der Waals surface area (Å²) in [5.74, 6) is 0.885. The second-order valence-corrected chi connectivity index (χ2v) is 5.24. The Kier molecular flexibility index (Phi) is 4.15. The lowest BCUT2D eigenvalue weighted by Crippen LogP contribution is -2.38. The molecule has 2 rings (SSSR count). The summed E-state index contributed by atoms with van der Waals surface area (Å²) in [5, 5.41) is 0. The van der Waals surface area contributed by atoms with Gasteiger partial charge >= 0.3 is 0 Å². The predicted octanol–water partition coefficient (Wildman–Crippen LogP) is 3.11. The first-order valence-corrected chi connectivity index (χ1v) is 6.91. The van der Waals surface area contributed by atoms with E-state index in [4.69, 9.17) is 0 Å². The minimum Gasteiger partial charge on any atom is -0.339 e. The first-order valence-electron chi connectivity index (χ1n) is 6.12. The highest BCUT2D eigenvalue weighted by atomic mass is 79.9. The summed E-state index contributed by atoms with van der Waals surface area (Å²) < 4.78 is 0.641. The maximum Gasteiger partial charge on any atom is 0.256 e. The zero-order chi connectivity index (χ0) is 12.3. The van der Waals surface area contributed by atoms with Crippen molar-refractivity contribution in [3.8, 4) is 0 Å². The summed E-state index contributed by atoms with van der Waals surface area (Å²) in [4.78, 5) is 18.3. The monoisotopic (exact) mass is 296 g/mol. The lowest BCUT2D eigenvalue weighted by molar-refractivity contribution is 0.0687. The van der Waals surface area contributed by atoms with Crippen LogP contribution in [0, 0.1) is 5.92 Å². The predicted molar refractivity (Wildman–Crippen MR) is 70.9 cm³/mol. The second-order valence-electron chi connectivity index (χ2n) is 4.49. The van der Waals surface area contributed by atoms with Crippen molar-refractivity contribution in [3.05, 3.63) is 28.5 Å². The molecule has 0 atom stereocenters. The van der Waals surface area contributed by atoms with E-state index in [1.165, 1.54) is 6.42 Å². The Morgan fingerprint density at radius 2 is 2.24 bits per heavy atom. The lowest BCUT2D eigenvalue weighted by Gasteiger charge is -2.31. The Morgan fingerprint density at radius 3 is 2.82 bits per heavy atom. The molecule has 0 radical (unpaired) electrons. The molecule has 2 heterocycles. The number of piperidine rings is 1. The Morgan fingerprint density at radius 1 is 1.53 bits per heavy atom. The molecule has 0 aliphatic carbocycles. The van der Waals surface area contributed by atoms with Gasteiger partial charge in [-0.25, -0.2) is 4.98 Å². The van der Waals surface area contributed by atoms with E-state index in [-0.39, 0.29) is 5.91 Å². The van der Waals surface area contributed by atoms with Crippen molar-refractivity contribution in [3.63, 3.8) is 0 Å². The van der Waals surface area contributed by atoms with Gasteiger partial charge in [0.2, 0.25) is 0 Å². The van der Waals surface area contributed by atoms with E-state index in [9.17, 15) is 4.79 Å². The van der Waals surface area contributed by atoms with Crippen molar-refractivity contribution in [2.45, 2.75) is 26.2 Å². The zero-order valence-corrected chi connectivity index (χ0v) is 11.6. The molecule has 0 N–H and O–H groups in total. The standard InChI is InChI=1S/C13H17BrN2O/c1-2-10-5-8-16(9-6-10)13(17)11-4-3-7-15-12(11)14/h3-4,7,10H,2,5-6,8-9H2,1H3. The van der Waals surface area contributed by atoms with Crippen molar-refractivity contribution in [1.29, 1.82) is 0 Å². The van der Waals surface area contributed by atoms with E-state index in [0.29, 0.717) is 10.2 Å². The Labute approximate surface area is 110 Å². The molecular formula is C13H17BrN2O. The maximum atomic E-state index is 12.3. The number of halogens is 1. The van der Waals surface area contributed by atoms with Gasteiger partial charge in [0.15, 0.2) is 0 Å². The van der Waals surface area contributed by atoms with E-state index >= 15 is 0 Å². The van der Waals surface area contributed by atoms with E-state index in [0.717, 1.165) is 31.8 Å². The van der Waals surface area contributed by atoms with Crippen LogP contribution in [-0.4, -0.2) is 28.9 Å². The molecule has 0 unspecified atom stereocenters. The van der Waals surface area contributed by atoms with E-state index in [1.54, 1.807) is 12.3 Å². The molecule has 1 aliphatic rings. The summed E-state index contributed by atoms with van der Waals surface area (Å²) in [6, 6.07) is 3.63. The van der Waals surface area contributed by atoms with Gasteiger partial charge in [0.05, 0.1) is 5.56 Å². The van der Waals surface area contributed by atoms with Crippen LogP contribution in [0.5, 0.6) is 0 Å². The molecule has 0 spiro atoms. The van der Waals surface area contributed by atoms with Gasteiger partial charge in [0, 0.05) is 19.3 Å². The normalized spacial score (nSPS) is 17.2. The highest BCUT2D eigenvalue weighted by Gasteiger charge is 2.23. The number of carbonyl (C=O) groups is 1. The number of rotatable bonds is 2. The molecule has 4 heteroatoms. The van der Waals surface area contributed by atoms with Crippen LogP contribution < -0.4 is 0 Å². The van der Waals surface area contributed by atoms with Gasteiger partial charge in [-0.3, -0.25) is 4.79 Å². The number of aromatic nitrogens is 1. The number of carbonyl (C=O) groups excluding carboxylic acids is 1. The first kappa shape index (κ1) is 12.6. The number of pyridine rings is 1. The van der Waals surface area contributed by atoms with Gasteiger partial charge in [-0.15, -0.1) is 0 Å². The van der Waals surface area contributed by atoms with Crippen LogP contribution in [0.2, 0.25) is 0 Å². The summed E-state index contributed by atoms with van der Waals surface area (Å²) in [5.41, 5.74) is 0.669. The topological polar surface area (TPSA) is 33.2 Å². The molecule has 1 saturated heterocycles. The van der Waals surface area contributed by atoms with E-state index in [2.05, 4.69) is 27.8 Å². The van der Waals surface area contributed by atoms with Crippen LogP contribution in [-0.2, 0) is 0 Å². The fraction of sp³-hybridized carbons (Fsp3) is 0.538. The van der Waals surface area contributed by atoms with Gasteiger partial charge in [0.1, 0.15) is 4.60 Å². The summed E-state index contributed by atoms with van der Waals surface area (Å²) in [6.07, 6.45) is 5.16. The third kappa shape index (κ3) is 2.86. The van der Waals surface area contributed by atoms with Gasteiger partial charge in [-0.1, -0.05) is 13.3 Å². The fourth-order valence-corrected chi connectivity index (χ4v) is 2.68. The molecule has 1 aliphatic heterocycles. The minimum atomic E-state index is 0.0968. The van der Waals surface area contributed by atoms with Gasteiger partial charge < -0.3 is 4.90 Å². The molecule has 17 heavy (non-hydrogen) atoms. The molecule has 0 aromatic carbocycles. The highest BCUT2D eigenvalue weighted by Crippen LogP contribution is 2.23. The molecule has 1 fully saturated rings. The molecule has 1 aromatic heterocycles. The molecule has 0 saturated carbocycles. The van der Waals surface area contributed by atoms with Gasteiger partial charge in [-0.2, -0.15) is 0 Å². The molecule has 1 amide bonds. The van der Waals surface area contributed by atoms with E-state index < -0.39 is 0 Å². The molecular weight excluding hydrogens is 280 g/mol. The van der Waals surface area contributed by atoms with Crippen molar-refractivity contribution in [2.75, 3.05) is 13.1 Å². The molecule has 3 nitrogen and oxygen atoms in total. The quantitative estimate of drug-likeness (QED) is 0.786. The third-order valence-corrected chi connectivity index (χ3v) is 4.10. The summed E-state index contributed by atoms with van der Waals surface area (Å²) >= 11 is 3.33. The van der Waals surface area contributed by atoms with Crippen molar-refractivity contribution < 1.29 is 4.79 Å². The minimum absolute atomic E-state index is 0.0968. The van der Waals surface area contributed by atoms with Crippen molar-refractivity contribution >= 4 is 21.8 Å². The molecule has 1 aromatic rings. The van der Waals surface area contributed by atoms with Gasteiger partial charge in [-0.05, 0) is 46.8 Å². The summed E-state index contributed by atoms with van der Waals surface area (Å²) in [7, 11) is 0. The van der Waals surface area contributed by atoms with Crippen LogP contribution in [0.25, 0.3) is 0 Å². The third-order valence-electron chi connectivity index (χ3n) is 3.47. The largest absolute Gasteiger partial charge is 0.339 e. The Balaban J connectivity index is 2.04. The first-order chi connectivity index (χ1) is 8.22. The fourth-order valence-electron chi connectivity index (χ4n) is 2.26. The number of likely N-dealkylation sites (tertiary alicyclic amines) is 1. The Hall–Kier alpha value is -0.900. The van der Waals surface area contributed by atoms with Crippen LogP contribution >= 0.6 is 15.9 Å². The van der Waals surface area contributed by atoms with Crippen molar-refractivity contribution in [1.82, 2.24) is 9.88 Å². The SMILES string of the molecule is CCC1CCN(C(=O)c2cccnc2Br)CC1. The van der Waals surface area contributed by atoms with Crippen molar-refractivity contribution in [2.24, 2.45) is 5.92 Å². The lowest BCUT2D eigenvalue weighted by atomic mass is 9.94. The average Bonchev–Trinajstić information content (AvgIpc) is 2.39. The number of nitrogens with zero attached hydrogens (tertiary/aromatic N) is 2. The maximum absolute atomic E-state index is 12.3. The van der Waals surface area contributed by atoms with Crippen LogP contribution in [0.3, 0.4) is 0 Å². The number of hydrogen-bond acceptors (Lipinski definition) is 2. The smallest absolute Gasteiger partial charge is 0.256 e. The number of amides is 1. The zero-order valence-electron chi connectivity index (χ0n) is 10.0. The number of hydrogen-bond donors (Lipinski definition) is 0. The van der Waals surface area contributed by atoms with E-state index in [1.807, 2.05) is 11.0 Å². The average molecular weight is 297 g/mol. The molecule has 0 bridgehead atoms. The molecule has 92 valence electrons. The van der Waals surface area contributed by atoms with Gasteiger partial charge in [0.25, 0.3) is 5.91 Å². The van der Waals surface area contributed by atoms with Crippen LogP contribution in [0.4, 0.5) is 0 Å². The van der Waals surface area contributed by atoms with Crippen LogP contribution in [0.1, 0.15) is 36.5 Å². The highest BCUT2D eigenvalue weighted by molar-refractivity contribution is 9.10.